The molecule has 0 spiro atoms. The van der Waals surface area contributed by atoms with E-state index in [-0.39, 0.29) is 23.1 Å². The van der Waals surface area contributed by atoms with Gasteiger partial charge in [-0.25, -0.2) is 15.0 Å². The first-order chi connectivity index (χ1) is 13.1. The van der Waals surface area contributed by atoms with Crippen LogP contribution >= 0.6 is 11.3 Å². The number of thiazole rings is 1. The van der Waals surface area contributed by atoms with Gasteiger partial charge in [0.1, 0.15) is 5.56 Å². The van der Waals surface area contributed by atoms with Crippen LogP contribution in [-0.4, -0.2) is 32.0 Å². The Balaban J connectivity index is 1.40. The average molecular weight is 381 g/mol. The molecule has 8 heteroatoms. The summed E-state index contributed by atoms with van der Waals surface area (Å²) < 4.78 is 1.68. The molecular formula is C19H19N5O2S. The Labute approximate surface area is 160 Å². The van der Waals surface area contributed by atoms with Crippen molar-refractivity contribution in [1.82, 2.24) is 24.8 Å². The van der Waals surface area contributed by atoms with Gasteiger partial charge in [0.05, 0.1) is 5.69 Å². The lowest BCUT2D eigenvalue weighted by Crippen LogP contribution is -2.34. The van der Waals surface area contributed by atoms with Crippen LogP contribution in [0.3, 0.4) is 0 Å². The SMILES string of the molecule is Cc1ccn(C2CC2)c(=O)c1C(=O)NCCc1csc(-c2ncccn2)n1. The van der Waals surface area contributed by atoms with Gasteiger partial charge in [0.2, 0.25) is 0 Å². The fourth-order valence-corrected chi connectivity index (χ4v) is 3.68. The molecule has 1 N–H and O–H groups in total. The fourth-order valence-electron chi connectivity index (χ4n) is 2.88. The van der Waals surface area contributed by atoms with E-state index in [1.54, 1.807) is 36.1 Å². The van der Waals surface area contributed by atoms with Crippen LogP contribution in [0, 0.1) is 6.92 Å². The molecule has 27 heavy (non-hydrogen) atoms. The van der Waals surface area contributed by atoms with E-state index in [1.807, 2.05) is 11.4 Å². The van der Waals surface area contributed by atoms with Gasteiger partial charge in [0.15, 0.2) is 10.8 Å². The van der Waals surface area contributed by atoms with E-state index in [2.05, 4.69) is 20.3 Å². The summed E-state index contributed by atoms with van der Waals surface area (Å²) in [6.07, 6.45) is 7.73. The maximum Gasteiger partial charge on any atom is 0.263 e. The van der Waals surface area contributed by atoms with Gasteiger partial charge in [0.25, 0.3) is 11.5 Å². The van der Waals surface area contributed by atoms with Crippen LogP contribution in [-0.2, 0) is 6.42 Å². The Bertz CT molecular complexity index is 1020. The van der Waals surface area contributed by atoms with Gasteiger partial charge in [-0.2, -0.15) is 0 Å². The number of carbonyl (C=O) groups is 1. The zero-order valence-corrected chi connectivity index (χ0v) is 15.7. The van der Waals surface area contributed by atoms with Crippen molar-refractivity contribution in [3.8, 4) is 10.8 Å². The van der Waals surface area contributed by atoms with Gasteiger partial charge >= 0.3 is 0 Å². The molecule has 0 aromatic carbocycles. The molecule has 7 nitrogen and oxygen atoms in total. The highest BCUT2D eigenvalue weighted by Crippen LogP contribution is 2.33. The molecule has 3 heterocycles. The van der Waals surface area contributed by atoms with E-state index in [0.717, 1.165) is 23.5 Å². The number of hydrogen-bond donors (Lipinski definition) is 1. The summed E-state index contributed by atoms with van der Waals surface area (Å²) in [5, 5.41) is 5.53. The second-order valence-electron chi connectivity index (χ2n) is 6.54. The molecule has 1 aliphatic carbocycles. The Morgan fingerprint density at radius 1 is 1.33 bits per heavy atom. The van der Waals surface area contributed by atoms with Crippen molar-refractivity contribution in [2.45, 2.75) is 32.2 Å². The van der Waals surface area contributed by atoms with Crippen LogP contribution in [0.4, 0.5) is 0 Å². The second-order valence-corrected chi connectivity index (χ2v) is 7.40. The summed E-state index contributed by atoms with van der Waals surface area (Å²) in [5.41, 5.74) is 1.60. The van der Waals surface area contributed by atoms with Crippen LogP contribution in [0.1, 0.15) is 40.5 Å². The summed E-state index contributed by atoms with van der Waals surface area (Å²) in [5.74, 6) is 0.271. The molecule has 1 amide bonds. The number of carbonyl (C=O) groups excluding carboxylic acids is 1. The molecule has 3 aromatic heterocycles. The zero-order chi connectivity index (χ0) is 18.8. The normalized spacial score (nSPS) is 13.5. The van der Waals surface area contributed by atoms with Crippen molar-refractivity contribution in [3.05, 3.63) is 63.3 Å². The van der Waals surface area contributed by atoms with E-state index in [1.165, 1.54) is 11.3 Å². The third-order valence-electron chi connectivity index (χ3n) is 4.47. The first-order valence-electron chi connectivity index (χ1n) is 8.85. The van der Waals surface area contributed by atoms with Gasteiger partial charge in [-0.15, -0.1) is 11.3 Å². The number of hydrogen-bond acceptors (Lipinski definition) is 6. The van der Waals surface area contributed by atoms with Crippen molar-refractivity contribution >= 4 is 17.2 Å². The maximum atomic E-state index is 12.6. The van der Waals surface area contributed by atoms with Crippen molar-refractivity contribution < 1.29 is 4.79 Å². The number of pyridine rings is 1. The smallest absolute Gasteiger partial charge is 0.263 e. The molecule has 0 unspecified atom stereocenters. The number of nitrogens with one attached hydrogen (secondary N) is 1. The second kappa shape index (κ2) is 7.40. The molecule has 138 valence electrons. The first-order valence-corrected chi connectivity index (χ1v) is 9.73. The Hall–Kier alpha value is -2.87. The van der Waals surface area contributed by atoms with E-state index in [0.29, 0.717) is 24.4 Å². The summed E-state index contributed by atoms with van der Waals surface area (Å²) in [6, 6.07) is 3.84. The maximum absolute atomic E-state index is 12.6. The summed E-state index contributed by atoms with van der Waals surface area (Å²) >= 11 is 1.47. The third-order valence-corrected chi connectivity index (χ3v) is 5.36. The molecule has 0 saturated heterocycles. The van der Waals surface area contributed by atoms with Gasteiger partial charge < -0.3 is 9.88 Å². The predicted octanol–water partition coefficient (Wildman–Crippen LogP) is 2.38. The van der Waals surface area contributed by atoms with E-state index in [9.17, 15) is 9.59 Å². The summed E-state index contributed by atoms with van der Waals surface area (Å²) in [7, 11) is 0. The summed E-state index contributed by atoms with van der Waals surface area (Å²) in [6.45, 7) is 2.20. The quantitative estimate of drug-likeness (QED) is 0.708. The third kappa shape index (κ3) is 3.80. The van der Waals surface area contributed by atoms with Crippen LogP contribution in [0.15, 0.2) is 40.9 Å². The molecule has 0 atom stereocenters. The highest BCUT2D eigenvalue weighted by molar-refractivity contribution is 7.13. The zero-order valence-electron chi connectivity index (χ0n) is 14.9. The molecule has 1 saturated carbocycles. The number of nitrogens with zero attached hydrogens (tertiary/aromatic N) is 4. The molecule has 1 aliphatic rings. The number of rotatable bonds is 6. The first kappa shape index (κ1) is 17.5. The highest BCUT2D eigenvalue weighted by Gasteiger charge is 2.26. The van der Waals surface area contributed by atoms with Gasteiger partial charge in [-0.1, -0.05) is 0 Å². The Kier molecular flexibility index (Phi) is 4.81. The minimum atomic E-state index is -0.325. The van der Waals surface area contributed by atoms with Crippen molar-refractivity contribution in [3.63, 3.8) is 0 Å². The fraction of sp³-hybridized carbons (Fsp3) is 0.316. The van der Waals surface area contributed by atoms with Crippen molar-refractivity contribution in [1.29, 1.82) is 0 Å². The largest absolute Gasteiger partial charge is 0.351 e. The summed E-state index contributed by atoms with van der Waals surface area (Å²) in [4.78, 5) is 38.0. The van der Waals surface area contributed by atoms with Gasteiger partial charge in [-0.3, -0.25) is 9.59 Å². The van der Waals surface area contributed by atoms with Crippen LogP contribution in [0.25, 0.3) is 10.8 Å². The lowest BCUT2D eigenvalue weighted by atomic mass is 10.1. The van der Waals surface area contributed by atoms with Crippen molar-refractivity contribution in [2.24, 2.45) is 0 Å². The number of amides is 1. The van der Waals surface area contributed by atoms with Crippen LogP contribution in [0.5, 0.6) is 0 Å². The minimum absolute atomic E-state index is 0.202. The van der Waals surface area contributed by atoms with Crippen LogP contribution in [0.2, 0.25) is 0 Å². The molecule has 1 fully saturated rings. The van der Waals surface area contributed by atoms with E-state index < -0.39 is 0 Å². The predicted molar refractivity (Wildman–Crippen MR) is 103 cm³/mol. The lowest BCUT2D eigenvalue weighted by Gasteiger charge is -2.10. The molecule has 0 aliphatic heterocycles. The molecule has 0 bridgehead atoms. The standard InChI is InChI=1S/C19H19N5O2S/c1-12-6-10-24(14-3-4-14)19(26)15(12)17(25)22-9-5-13-11-27-18(23-13)16-20-7-2-8-21-16/h2,6-8,10-11,14H,3-5,9H2,1H3,(H,22,25). The molecule has 4 rings (SSSR count). The van der Waals surface area contributed by atoms with Gasteiger partial charge in [-0.05, 0) is 37.5 Å². The minimum Gasteiger partial charge on any atom is -0.351 e. The number of aryl methyl sites for hydroxylation is 1. The number of aromatic nitrogens is 4. The topological polar surface area (TPSA) is 89.8 Å². The van der Waals surface area contributed by atoms with E-state index in [4.69, 9.17) is 0 Å². The molecule has 3 aromatic rings. The van der Waals surface area contributed by atoms with Crippen molar-refractivity contribution in [2.75, 3.05) is 6.54 Å². The average Bonchev–Trinajstić information content (AvgIpc) is 3.40. The van der Waals surface area contributed by atoms with Gasteiger partial charge in [0, 0.05) is 43.0 Å². The highest BCUT2D eigenvalue weighted by atomic mass is 32.1. The monoisotopic (exact) mass is 381 g/mol. The Morgan fingerprint density at radius 3 is 2.85 bits per heavy atom. The molecular weight excluding hydrogens is 362 g/mol. The van der Waals surface area contributed by atoms with E-state index >= 15 is 0 Å². The Morgan fingerprint density at radius 2 is 2.11 bits per heavy atom. The molecule has 0 radical (unpaired) electrons. The lowest BCUT2D eigenvalue weighted by molar-refractivity contribution is 0.0951. The van der Waals surface area contributed by atoms with Crippen LogP contribution < -0.4 is 10.9 Å².